The van der Waals surface area contributed by atoms with E-state index in [1.165, 1.54) is 0 Å². The van der Waals surface area contributed by atoms with Gasteiger partial charge in [-0.25, -0.2) is 9.48 Å². The van der Waals surface area contributed by atoms with Crippen molar-refractivity contribution in [1.29, 1.82) is 0 Å². The van der Waals surface area contributed by atoms with Crippen LogP contribution in [0.2, 0.25) is 0 Å². The van der Waals surface area contributed by atoms with Crippen LogP contribution in [0.3, 0.4) is 0 Å². The third kappa shape index (κ3) is 5.40. The van der Waals surface area contributed by atoms with E-state index in [4.69, 9.17) is 4.74 Å². The first-order valence-electron chi connectivity index (χ1n) is 10.6. The van der Waals surface area contributed by atoms with Crippen molar-refractivity contribution >= 4 is 11.9 Å². The lowest BCUT2D eigenvalue weighted by atomic mass is 10.0. The smallest absolute Gasteiger partial charge is 0.358 e. The zero-order chi connectivity index (χ0) is 22.4. The number of amides is 1. The summed E-state index contributed by atoms with van der Waals surface area (Å²) in [5, 5.41) is 7.42. The second-order valence-corrected chi connectivity index (χ2v) is 7.61. The molecule has 6 heteroatoms. The number of aryl methyl sites for hydroxylation is 1. The maximum absolute atomic E-state index is 12.5. The summed E-state index contributed by atoms with van der Waals surface area (Å²) in [5.41, 5.74) is 4.81. The van der Waals surface area contributed by atoms with Crippen molar-refractivity contribution in [2.24, 2.45) is 0 Å². The van der Waals surface area contributed by atoms with Crippen LogP contribution in [0.25, 0.3) is 5.69 Å². The van der Waals surface area contributed by atoms with Gasteiger partial charge in [0.05, 0.1) is 12.3 Å². The largest absolute Gasteiger partial charge is 0.461 e. The number of rotatable bonds is 8. The number of hydrogen-bond acceptors (Lipinski definition) is 4. The van der Waals surface area contributed by atoms with E-state index in [0.717, 1.165) is 28.9 Å². The van der Waals surface area contributed by atoms with Crippen LogP contribution in [0.1, 0.15) is 70.8 Å². The number of carbonyl (C=O) groups excluding carboxylic acids is 2. The molecule has 0 saturated carbocycles. The second-order valence-electron chi connectivity index (χ2n) is 7.61. The monoisotopic (exact) mass is 419 g/mol. The highest BCUT2D eigenvalue weighted by Crippen LogP contribution is 2.24. The van der Waals surface area contributed by atoms with Crippen LogP contribution in [0, 0.1) is 6.92 Å². The van der Waals surface area contributed by atoms with Crippen molar-refractivity contribution in [2.75, 3.05) is 6.61 Å². The zero-order valence-corrected chi connectivity index (χ0v) is 18.5. The summed E-state index contributed by atoms with van der Waals surface area (Å²) >= 11 is 0. The van der Waals surface area contributed by atoms with Gasteiger partial charge in [0, 0.05) is 17.8 Å². The molecule has 0 aliphatic heterocycles. The lowest BCUT2D eigenvalue weighted by molar-refractivity contribution is 0.0518. The molecule has 3 rings (SSSR count). The minimum Gasteiger partial charge on any atom is -0.461 e. The van der Waals surface area contributed by atoms with Gasteiger partial charge in [0.1, 0.15) is 0 Å². The minimum absolute atomic E-state index is 0.136. The first-order chi connectivity index (χ1) is 14.9. The Morgan fingerprint density at radius 2 is 1.84 bits per heavy atom. The molecular weight excluding hydrogens is 390 g/mol. The molecule has 3 aromatic rings. The first-order valence-corrected chi connectivity index (χ1v) is 10.6. The minimum atomic E-state index is -0.432. The van der Waals surface area contributed by atoms with Crippen LogP contribution >= 0.6 is 0 Å². The number of esters is 1. The molecule has 1 N–H and O–H groups in total. The molecule has 0 radical (unpaired) electrons. The fraction of sp³-hybridized carbons (Fsp3) is 0.320. The van der Waals surface area contributed by atoms with Crippen molar-refractivity contribution in [2.45, 2.75) is 46.6 Å². The maximum Gasteiger partial charge on any atom is 0.358 e. The molecule has 1 heterocycles. The highest BCUT2D eigenvalue weighted by atomic mass is 16.5. The fourth-order valence-corrected chi connectivity index (χ4v) is 3.33. The third-order valence-electron chi connectivity index (χ3n) is 5.25. The summed E-state index contributed by atoms with van der Waals surface area (Å²) < 4.78 is 6.86. The van der Waals surface area contributed by atoms with E-state index in [0.29, 0.717) is 18.7 Å². The summed E-state index contributed by atoms with van der Waals surface area (Å²) in [7, 11) is 0. The van der Waals surface area contributed by atoms with Crippen LogP contribution in [0.5, 0.6) is 0 Å². The van der Waals surface area contributed by atoms with Gasteiger partial charge in [0.2, 0.25) is 0 Å². The van der Waals surface area contributed by atoms with E-state index in [2.05, 4.69) is 30.3 Å². The second kappa shape index (κ2) is 10.1. The van der Waals surface area contributed by atoms with Crippen LogP contribution in [-0.2, 0) is 11.3 Å². The molecule has 0 saturated heterocycles. The molecule has 0 fully saturated rings. The summed E-state index contributed by atoms with van der Waals surface area (Å²) in [5.74, 6) is -0.353. The van der Waals surface area contributed by atoms with Crippen LogP contribution in [-0.4, -0.2) is 28.3 Å². The van der Waals surface area contributed by atoms with E-state index in [-0.39, 0.29) is 17.5 Å². The van der Waals surface area contributed by atoms with Crippen molar-refractivity contribution in [3.8, 4) is 5.69 Å². The fourth-order valence-electron chi connectivity index (χ4n) is 3.33. The molecule has 1 aromatic heterocycles. The molecule has 0 spiro atoms. The SMILES string of the molecule is CCOC(=O)c1cc([C@H](C)CC)n(-c2ccc(C(=O)NCc3cccc(C)c3)cc2)n1. The number of benzene rings is 2. The predicted molar refractivity (Wildman–Crippen MR) is 121 cm³/mol. The van der Waals surface area contributed by atoms with Crippen molar-refractivity contribution in [3.05, 3.63) is 82.7 Å². The summed E-state index contributed by atoms with van der Waals surface area (Å²) in [6, 6.07) is 17.1. The Morgan fingerprint density at radius 1 is 1.10 bits per heavy atom. The molecule has 6 nitrogen and oxygen atoms in total. The van der Waals surface area contributed by atoms with Gasteiger partial charge in [-0.2, -0.15) is 5.10 Å². The predicted octanol–water partition coefficient (Wildman–Crippen LogP) is 4.80. The number of aromatic nitrogens is 2. The highest BCUT2D eigenvalue weighted by Gasteiger charge is 2.19. The topological polar surface area (TPSA) is 73.2 Å². The molecular formula is C25H29N3O3. The molecule has 1 atom stereocenters. The first kappa shape index (κ1) is 22.3. The van der Waals surface area contributed by atoms with Crippen molar-refractivity contribution in [1.82, 2.24) is 15.1 Å². The Bertz CT molecular complexity index is 1050. The van der Waals surface area contributed by atoms with E-state index in [1.807, 2.05) is 37.3 Å². The van der Waals surface area contributed by atoms with E-state index < -0.39 is 5.97 Å². The Labute approximate surface area is 183 Å². The van der Waals surface area contributed by atoms with Gasteiger partial charge < -0.3 is 10.1 Å². The van der Waals surface area contributed by atoms with Gasteiger partial charge >= 0.3 is 5.97 Å². The maximum atomic E-state index is 12.5. The standard InChI is InChI=1S/C25H29N3O3/c1-5-18(4)23-15-22(25(30)31-6-2)27-28(23)21-12-10-20(11-13-21)24(29)26-16-19-9-7-8-17(3)14-19/h7-15,18H,5-6,16H2,1-4H3,(H,26,29)/t18-/m1/s1. The number of hydrogen-bond donors (Lipinski definition) is 1. The molecule has 0 bridgehead atoms. The van der Waals surface area contributed by atoms with Gasteiger partial charge in [0.25, 0.3) is 5.91 Å². The molecule has 31 heavy (non-hydrogen) atoms. The molecule has 0 aliphatic rings. The number of nitrogens with zero attached hydrogens (tertiary/aromatic N) is 2. The number of ether oxygens (including phenoxy) is 1. The Kier molecular flexibility index (Phi) is 7.23. The Balaban J connectivity index is 1.78. The quantitative estimate of drug-likeness (QED) is 0.532. The van der Waals surface area contributed by atoms with E-state index >= 15 is 0 Å². The molecule has 162 valence electrons. The molecule has 0 aliphatic carbocycles. The highest BCUT2D eigenvalue weighted by molar-refractivity contribution is 5.94. The van der Waals surface area contributed by atoms with Gasteiger partial charge in [-0.05, 0) is 62.1 Å². The van der Waals surface area contributed by atoms with E-state index in [9.17, 15) is 9.59 Å². The van der Waals surface area contributed by atoms with Gasteiger partial charge in [-0.15, -0.1) is 0 Å². The number of nitrogens with one attached hydrogen (secondary N) is 1. The van der Waals surface area contributed by atoms with E-state index in [1.54, 1.807) is 29.8 Å². The number of carbonyl (C=O) groups is 2. The summed E-state index contributed by atoms with van der Waals surface area (Å²) in [4.78, 5) is 24.7. The summed E-state index contributed by atoms with van der Waals surface area (Å²) in [6.07, 6.45) is 0.910. The normalized spacial score (nSPS) is 11.7. The van der Waals surface area contributed by atoms with Crippen molar-refractivity contribution in [3.63, 3.8) is 0 Å². The Hall–Kier alpha value is -3.41. The average molecular weight is 420 g/mol. The Morgan fingerprint density at radius 3 is 2.48 bits per heavy atom. The molecule has 1 amide bonds. The van der Waals surface area contributed by atoms with Crippen LogP contribution in [0.4, 0.5) is 0 Å². The average Bonchev–Trinajstić information content (AvgIpc) is 3.23. The third-order valence-corrected chi connectivity index (χ3v) is 5.25. The van der Waals surface area contributed by atoms with Crippen molar-refractivity contribution < 1.29 is 14.3 Å². The van der Waals surface area contributed by atoms with Gasteiger partial charge in [-0.3, -0.25) is 4.79 Å². The lowest BCUT2D eigenvalue weighted by Crippen LogP contribution is -2.22. The van der Waals surface area contributed by atoms with Gasteiger partial charge in [0.15, 0.2) is 5.69 Å². The molecule has 0 unspecified atom stereocenters. The zero-order valence-electron chi connectivity index (χ0n) is 18.5. The summed E-state index contributed by atoms with van der Waals surface area (Å²) in [6.45, 7) is 8.76. The van der Waals surface area contributed by atoms with Gasteiger partial charge in [-0.1, -0.05) is 43.7 Å². The lowest BCUT2D eigenvalue weighted by Gasteiger charge is -2.13. The van der Waals surface area contributed by atoms with Crippen LogP contribution in [0.15, 0.2) is 54.6 Å². The molecule has 2 aromatic carbocycles. The van der Waals surface area contributed by atoms with Crippen LogP contribution < -0.4 is 5.32 Å².